The number of carbonyl (C=O) groups excluding carboxylic acids is 2. The average molecular weight is 341 g/mol. The first-order valence-electron chi connectivity index (χ1n) is 7.56. The van der Waals surface area contributed by atoms with E-state index in [1.54, 1.807) is 13.8 Å². The van der Waals surface area contributed by atoms with Crippen molar-refractivity contribution < 1.29 is 19.1 Å². The molecule has 2 atom stereocenters. The molecule has 0 aromatic carbocycles. The molecular formula is C15H26Cl2O4. The zero-order valence-electron chi connectivity index (χ0n) is 12.9. The van der Waals surface area contributed by atoms with Crippen LogP contribution in [0.5, 0.6) is 0 Å². The minimum Gasteiger partial charge on any atom is -0.465 e. The number of ether oxygens (including phenoxy) is 2. The van der Waals surface area contributed by atoms with Gasteiger partial charge in [0.1, 0.15) is 10.8 Å². The molecule has 124 valence electrons. The van der Waals surface area contributed by atoms with Crippen molar-refractivity contribution in [3.63, 3.8) is 0 Å². The molecular weight excluding hydrogens is 315 g/mol. The summed E-state index contributed by atoms with van der Waals surface area (Å²) in [6, 6.07) is 0. The largest absolute Gasteiger partial charge is 0.465 e. The summed E-state index contributed by atoms with van der Waals surface area (Å²) >= 11 is 11.1. The third-order valence-electron chi connectivity index (χ3n) is 2.93. The fourth-order valence-corrected chi connectivity index (χ4v) is 1.79. The minimum atomic E-state index is -0.569. The van der Waals surface area contributed by atoms with Gasteiger partial charge in [-0.15, -0.1) is 23.2 Å². The molecule has 0 aromatic heterocycles. The molecule has 0 radical (unpaired) electrons. The average Bonchev–Trinajstić information content (AvgIpc) is 2.43. The summed E-state index contributed by atoms with van der Waals surface area (Å²) in [5.41, 5.74) is 0. The van der Waals surface area contributed by atoms with E-state index in [1.165, 1.54) is 0 Å². The fourth-order valence-electron chi connectivity index (χ4n) is 1.66. The Bertz CT molecular complexity index is 265. The molecule has 0 saturated carbocycles. The third kappa shape index (κ3) is 12.9. The van der Waals surface area contributed by atoms with Gasteiger partial charge in [-0.1, -0.05) is 32.1 Å². The molecule has 0 bridgehead atoms. The lowest BCUT2D eigenvalue weighted by Gasteiger charge is -2.06. The first-order valence-corrected chi connectivity index (χ1v) is 8.44. The monoisotopic (exact) mass is 340 g/mol. The van der Waals surface area contributed by atoms with Crippen molar-refractivity contribution >= 4 is 35.1 Å². The van der Waals surface area contributed by atoms with Gasteiger partial charge in [-0.2, -0.15) is 0 Å². The Morgan fingerprint density at radius 3 is 1.29 bits per heavy atom. The number of rotatable bonds is 12. The van der Waals surface area contributed by atoms with E-state index < -0.39 is 10.8 Å². The summed E-state index contributed by atoms with van der Waals surface area (Å²) in [4.78, 5) is 22.1. The van der Waals surface area contributed by atoms with Crippen LogP contribution in [-0.2, 0) is 19.1 Å². The molecule has 0 aromatic rings. The number of carbonyl (C=O) groups is 2. The quantitative estimate of drug-likeness (QED) is 0.305. The summed E-state index contributed by atoms with van der Waals surface area (Å²) in [6.07, 6.45) is 7.21. The number of alkyl halides is 2. The highest BCUT2D eigenvalue weighted by Gasteiger charge is 2.10. The first kappa shape index (κ1) is 20.5. The lowest BCUT2D eigenvalue weighted by molar-refractivity contribution is -0.143. The van der Waals surface area contributed by atoms with Gasteiger partial charge in [0, 0.05) is 0 Å². The molecule has 0 N–H and O–H groups in total. The highest BCUT2D eigenvalue weighted by Crippen LogP contribution is 2.08. The maximum absolute atomic E-state index is 11.1. The zero-order valence-corrected chi connectivity index (χ0v) is 14.4. The van der Waals surface area contributed by atoms with Crippen molar-refractivity contribution in [1.29, 1.82) is 0 Å². The van der Waals surface area contributed by atoms with Gasteiger partial charge < -0.3 is 9.47 Å². The van der Waals surface area contributed by atoms with Crippen molar-refractivity contribution in [2.24, 2.45) is 0 Å². The van der Waals surface area contributed by atoms with Crippen LogP contribution in [-0.4, -0.2) is 35.9 Å². The maximum Gasteiger partial charge on any atom is 0.323 e. The lowest BCUT2D eigenvalue weighted by atomic mass is 10.1. The lowest BCUT2D eigenvalue weighted by Crippen LogP contribution is -2.15. The Labute approximate surface area is 137 Å². The molecule has 0 heterocycles. The van der Waals surface area contributed by atoms with Gasteiger partial charge in [-0.3, -0.25) is 9.59 Å². The Kier molecular flexibility index (Phi) is 12.9. The van der Waals surface area contributed by atoms with E-state index in [0.717, 1.165) is 44.9 Å². The number of halogens is 2. The van der Waals surface area contributed by atoms with E-state index in [1.807, 2.05) is 0 Å². The Balaban J connectivity index is 3.20. The van der Waals surface area contributed by atoms with Gasteiger partial charge in [0.05, 0.1) is 13.2 Å². The van der Waals surface area contributed by atoms with Crippen molar-refractivity contribution in [3.05, 3.63) is 0 Å². The highest BCUT2D eigenvalue weighted by atomic mass is 35.5. The molecule has 6 heteroatoms. The molecule has 0 saturated heterocycles. The maximum atomic E-state index is 11.1. The highest BCUT2D eigenvalue weighted by molar-refractivity contribution is 6.29. The number of hydrogen-bond donors (Lipinski definition) is 0. The van der Waals surface area contributed by atoms with Gasteiger partial charge >= 0.3 is 11.9 Å². The van der Waals surface area contributed by atoms with Crippen LogP contribution in [0.3, 0.4) is 0 Å². The first-order chi connectivity index (χ1) is 9.95. The third-order valence-corrected chi connectivity index (χ3v) is 3.28. The number of hydrogen-bond acceptors (Lipinski definition) is 4. The fraction of sp³-hybridized carbons (Fsp3) is 0.867. The van der Waals surface area contributed by atoms with Gasteiger partial charge in [0.15, 0.2) is 0 Å². The van der Waals surface area contributed by atoms with Crippen molar-refractivity contribution in [1.82, 2.24) is 0 Å². The topological polar surface area (TPSA) is 52.6 Å². The Hall–Kier alpha value is -0.480. The Morgan fingerprint density at radius 1 is 0.714 bits per heavy atom. The molecule has 21 heavy (non-hydrogen) atoms. The number of unbranched alkanes of at least 4 members (excludes halogenated alkanes) is 6. The summed E-state index contributed by atoms with van der Waals surface area (Å²) in [6.45, 7) is 4.11. The smallest absolute Gasteiger partial charge is 0.323 e. The van der Waals surface area contributed by atoms with Crippen LogP contribution in [0.4, 0.5) is 0 Å². The molecule has 4 nitrogen and oxygen atoms in total. The SMILES string of the molecule is CC(Cl)C(=O)OCCCCCCCCCOC(=O)C(C)Cl. The molecule has 0 spiro atoms. The minimum absolute atomic E-state index is 0.350. The second-order valence-corrected chi connectivity index (χ2v) is 6.35. The molecule has 0 fully saturated rings. The number of esters is 2. The second-order valence-electron chi connectivity index (χ2n) is 5.04. The van der Waals surface area contributed by atoms with E-state index in [-0.39, 0.29) is 11.9 Å². The van der Waals surface area contributed by atoms with E-state index in [4.69, 9.17) is 32.7 Å². The van der Waals surface area contributed by atoms with E-state index in [2.05, 4.69) is 0 Å². The van der Waals surface area contributed by atoms with Crippen LogP contribution in [0.2, 0.25) is 0 Å². The molecule has 0 aliphatic carbocycles. The van der Waals surface area contributed by atoms with Gasteiger partial charge in [0.2, 0.25) is 0 Å². The van der Waals surface area contributed by atoms with Crippen molar-refractivity contribution in [3.8, 4) is 0 Å². The molecule has 2 unspecified atom stereocenters. The zero-order chi connectivity index (χ0) is 16.1. The predicted octanol–water partition coefficient (Wildman–Crippen LogP) is 4.06. The van der Waals surface area contributed by atoms with Gasteiger partial charge in [0.25, 0.3) is 0 Å². The van der Waals surface area contributed by atoms with E-state index in [0.29, 0.717) is 13.2 Å². The summed E-state index contributed by atoms with van der Waals surface area (Å²) in [5.74, 6) is -0.699. The van der Waals surface area contributed by atoms with Crippen LogP contribution < -0.4 is 0 Å². The molecule has 0 rings (SSSR count). The summed E-state index contributed by atoms with van der Waals surface area (Å²) in [5, 5.41) is -1.14. The Morgan fingerprint density at radius 2 is 1.00 bits per heavy atom. The van der Waals surface area contributed by atoms with Crippen LogP contribution >= 0.6 is 23.2 Å². The van der Waals surface area contributed by atoms with Crippen LogP contribution in [0.25, 0.3) is 0 Å². The summed E-state index contributed by atoms with van der Waals surface area (Å²) < 4.78 is 9.95. The van der Waals surface area contributed by atoms with Crippen molar-refractivity contribution in [2.75, 3.05) is 13.2 Å². The van der Waals surface area contributed by atoms with Crippen LogP contribution in [0.1, 0.15) is 58.8 Å². The van der Waals surface area contributed by atoms with Crippen LogP contribution in [0.15, 0.2) is 0 Å². The summed E-state index contributed by atoms with van der Waals surface area (Å²) in [7, 11) is 0. The van der Waals surface area contributed by atoms with E-state index in [9.17, 15) is 9.59 Å². The van der Waals surface area contributed by atoms with Gasteiger partial charge in [-0.05, 0) is 26.7 Å². The molecule has 0 aliphatic rings. The van der Waals surface area contributed by atoms with Gasteiger partial charge in [-0.25, -0.2) is 0 Å². The van der Waals surface area contributed by atoms with Crippen molar-refractivity contribution in [2.45, 2.75) is 69.5 Å². The predicted molar refractivity (Wildman–Crippen MR) is 84.9 cm³/mol. The van der Waals surface area contributed by atoms with Crippen LogP contribution in [0, 0.1) is 0 Å². The standard InChI is InChI=1S/C15H26Cl2O4/c1-12(16)14(18)20-10-8-6-4-3-5-7-9-11-21-15(19)13(2)17/h12-13H,3-11H2,1-2H3. The van der Waals surface area contributed by atoms with E-state index >= 15 is 0 Å². The second kappa shape index (κ2) is 13.2. The molecule has 0 aliphatic heterocycles. The molecule has 0 amide bonds. The normalized spacial score (nSPS) is 13.5.